The van der Waals surface area contributed by atoms with Crippen LogP contribution in [-0.4, -0.2) is 17.3 Å². The Morgan fingerprint density at radius 1 is 0.967 bits per heavy atom. The molecule has 0 aliphatic carbocycles. The Kier molecular flexibility index (Phi) is 6.16. The zero-order valence-corrected chi connectivity index (χ0v) is 17.9. The molecule has 0 N–H and O–H groups in total. The third kappa shape index (κ3) is 4.40. The molecular weight excluding hydrogens is 414 g/mol. The minimum absolute atomic E-state index is 0.125. The highest BCUT2D eigenvalue weighted by Crippen LogP contribution is 2.37. The first-order valence-corrected chi connectivity index (χ1v) is 10.6. The predicted molar refractivity (Wildman–Crippen MR) is 126 cm³/mol. The average molecular weight is 434 g/mol. The van der Waals surface area contributed by atoms with E-state index in [2.05, 4.69) is 0 Å². The second-order valence-corrected chi connectivity index (χ2v) is 8.21. The summed E-state index contributed by atoms with van der Waals surface area (Å²) in [4.78, 5) is 15.0. The fourth-order valence-corrected chi connectivity index (χ4v) is 4.35. The van der Waals surface area contributed by atoms with Crippen LogP contribution in [0.15, 0.2) is 83.8 Å². The quantitative estimate of drug-likeness (QED) is 0.369. The lowest BCUT2D eigenvalue weighted by Gasteiger charge is -2.14. The van der Waals surface area contributed by atoms with Crippen LogP contribution in [0.25, 0.3) is 6.08 Å². The van der Waals surface area contributed by atoms with Crippen molar-refractivity contribution in [3.05, 3.63) is 94.9 Å². The van der Waals surface area contributed by atoms with Gasteiger partial charge in [-0.3, -0.25) is 9.69 Å². The van der Waals surface area contributed by atoms with Crippen molar-refractivity contribution in [2.24, 2.45) is 0 Å². The van der Waals surface area contributed by atoms with E-state index in [4.69, 9.17) is 21.7 Å². The highest BCUT2D eigenvalue weighted by atomic mass is 32.2. The predicted octanol–water partition coefficient (Wildman–Crippen LogP) is 5.68. The third-order valence-corrected chi connectivity index (χ3v) is 5.83. The molecule has 1 aliphatic heterocycles. The first kappa shape index (κ1) is 20.2. The summed E-state index contributed by atoms with van der Waals surface area (Å²) in [5, 5.41) is 0. The van der Waals surface area contributed by atoms with Gasteiger partial charge in [-0.05, 0) is 41.5 Å². The van der Waals surface area contributed by atoms with E-state index in [0.29, 0.717) is 27.3 Å². The Hall–Kier alpha value is -3.09. The minimum atomic E-state index is -0.125. The van der Waals surface area contributed by atoms with Crippen LogP contribution in [0.1, 0.15) is 11.1 Å². The Labute approximate surface area is 185 Å². The molecule has 4 rings (SSSR count). The molecule has 0 atom stereocenters. The molecule has 6 heteroatoms. The number of rotatable bonds is 6. The largest absolute Gasteiger partial charge is 0.493 e. The Morgan fingerprint density at radius 2 is 1.67 bits per heavy atom. The Balaban J connectivity index is 1.53. The number of nitrogens with zero attached hydrogens (tertiary/aromatic N) is 1. The number of methoxy groups -OCH3 is 1. The van der Waals surface area contributed by atoms with Gasteiger partial charge in [0.1, 0.15) is 6.61 Å². The van der Waals surface area contributed by atoms with Gasteiger partial charge >= 0.3 is 0 Å². The van der Waals surface area contributed by atoms with Crippen LogP contribution >= 0.6 is 24.0 Å². The number of hydrogen-bond acceptors (Lipinski definition) is 5. The molecule has 1 aliphatic rings. The molecule has 30 heavy (non-hydrogen) atoms. The standard InChI is InChI=1S/C24H19NO3S2/c1-27-21-14-18(12-13-20(21)28-16-17-8-4-2-5-9-17)15-22-23(26)25(24(29)30-22)19-10-6-3-7-11-19/h2-15H,16H2,1H3/b22-15-. The molecular formula is C24H19NO3S2. The van der Waals surface area contributed by atoms with Crippen molar-refractivity contribution in [1.82, 2.24) is 0 Å². The monoisotopic (exact) mass is 433 g/mol. The molecule has 0 spiro atoms. The molecule has 4 nitrogen and oxygen atoms in total. The minimum Gasteiger partial charge on any atom is -0.493 e. The molecule has 1 fully saturated rings. The first-order chi connectivity index (χ1) is 14.7. The summed E-state index contributed by atoms with van der Waals surface area (Å²) in [6.07, 6.45) is 1.83. The zero-order valence-electron chi connectivity index (χ0n) is 16.3. The number of thiocarbonyl (C=S) groups is 1. The van der Waals surface area contributed by atoms with Crippen molar-refractivity contribution in [3.63, 3.8) is 0 Å². The summed E-state index contributed by atoms with van der Waals surface area (Å²) in [5.41, 5.74) is 2.69. The smallest absolute Gasteiger partial charge is 0.270 e. The summed E-state index contributed by atoms with van der Waals surface area (Å²) in [6.45, 7) is 0.451. The van der Waals surface area contributed by atoms with Gasteiger partial charge in [-0.2, -0.15) is 0 Å². The maximum atomic E-state index is 12.9. The average Bonchev–Trinajstić information content (AvgIpc) is 3.06. The topological polar surface area (TPSA) is 38.8 Å². The maximum Gasteiger partial charge on any atom is 0.270 e. The van der Waals surface area contributed by atoms with Crippen molar-refractivity contribution in [3.8, 4) is 11.5 Å². The molecule has 0 bridgehead atoms. The Morgan fingerprint density at radius 3 is 2.37 bits per heavy atom. The number of benzene rings is 3. The van der Waals surface area contributed by atoms with E-state index in [1.165, 1.54) is 11.8 Å². The van der Waals surface area contributed by atoms with Crippen LogP contribution < -0.4 is 14.4 Å². The van der Waals surface area contributed by atoms with Gasteiger partial charge in [-0.1, -0.05) is 78.6 Å². The SMILES string of the molecule is COc1cc(/C=C2\SC(=S)N(c3ccccc3)C2=O)ccc1OCc1ccccc1. The van der Waals surface area contributed by atoms with Crippen molar-refractivity contribution in [2.75, 3.05) is 12.0 Å². The molecule has 0 unspecified atom stereocenters. The van der Waals surface area contributed by atoms with Crippen LogP contribution in [-0.2, 0) is 11.4 Å². The van der Waals surface area contributed by atoms with Gasteiger partial charge in [-0.15, -0.1) is 0 Å². The number of carbonyl (C=O) groups is 1. The summed E-state index contributed by atoms with van der Waals surface area (Å²) in [6, 6.07) is 25.0. The van der Waals surface area contributed by atoms with Gasteiger partial charge in [0.15, 0.2) is 15.8 Å². The van der Waals surface area contributed by atoms with Gasteiger partial charge in [0.25, 0.3) is 5.91 Å². The van der Waals surface area contributed by atoms with Crippen LogP contribution in [0.5, 0.6) is 11.5 Å². The lowest BCUT2D eigenvalue weighted by molar-refractivity contribution is -0.113. The van der Waals surface area contributed by atoms with E-state index in [1.807, 2.05) is 84.9 Å². The first-order valence-electron chi connectivity index (χ1n) is 9.33. The van der Waals surface area contributed by atoms with Gasteiger partial charge in [0.2, 0.25) is 0 Å². The molecule has 1 heterocycles. The van der Waals surface area contributed by atoms with E-state index in [0.717, 1.165) is 16.8 Å². The second kappa shape index (κ2) is 9.15. The molecule has 1 amide bonds. The summed E-state index contributed by atoms with van der Waals surface area (Å²) in [5.74, 6) is 1.13. The van der Waals surface area contributed by atoms with Crippen LogP contribution in [0, 0.1) is 0 Å². The lowest BCUT2D eigenvalue weighted by Crippen LogP contribution is -2.27. The van der Waals surface area contributed by atoms with Gasteiger partial charge < -0.3 is 9.47 Å². The number of thioether (sulfide) groups is 1. The number of hydrogen-bond donors (Lipinski definition) is 0. The van der Waals surface area contributed by atoms with Crippen molar-refractivity contribution in [1.29, 1.82) is 0 Å². The number of ether oxygens (including phenoxy) is 2. The summed E-state index contributed by atoms with van der Waals surface area (Å²) < 4.78 is 11.9. The molecule has 150 valence electrons. The van der Waals surface area contributed by atoms with E-state index in [9.17, 15) is 4.79 Å². The number of amides is 1. The summed E-state index contributed by atoms with van der Waals surface area (Å²) in [7, 11) is 1.60. The highest BCUT2D eigenvalue weighted by molar-refractivity contribution is 8.27. The highest BCUT2D eigenvalue weighted by Gasteiger charge is 2.33. The molecule has 3 aromatic rings. The molecule has 0 radical (unpaired) electrons. The van der Waals surface area contributed by atoms with Crippen molar-refractivity contribution < 1.29 is 14.3 Å². The van der Waals surface area contributed by atoms with Crippen molar-refractivity contribution in [2.45, 2.75) is 6.61 Å². The number of carbonyl (C=O) groups excluding carboxylic acids is 1. The fourth-order valence-electron chi connectivity index (χ4n) is 3.05. The van der Waals surface area contributed by atoms with E-state index in [-0.39, 0.29) is 5.91 Å². The van der Waals surface area contributed by atoms with Crippen LogP contribution in [0.3, 0.4) is 0 Å². The van der Waals surface area contributed by atoms with Crippen LogP contribution in [0.4, 0.5) is 5.69 Å². The lowest BCUT2D eigenvalue weighted by atomic mass is 10.1. The number of anilines is 1. The zero-order chi connectivity index (χ0) is 20.9. The van der Waals surface area contributed by atoms with Gasteiger partial charge in [0, 0.05) is 0 Å². The number of para-hydroxylation sites is 1. The van der Waals surface area contributed by atoms with Gasteiger partial charge in [-0.25, -0.2) is 0 Å². The van der Waals surface area contributed by atoms with E-state index in [1.54, 1.807) is 12.0 Å². The van der Waals surface area contributed by atoms with E-state index >= 15 is 0 Å². The summed E-state index contributed by atoms with van der Waals surface area (Å²) >= 11 is 6.72. The fraction of sp³-hybridized carbons (Fsp3) is 0.0833. The van der Waals surface area contributed by atoms with E-state index < -0.39 is 0 Å². The van der Waals surface area contributed by atoms with Crippen LogP contribution in [0.2, 0.25) is 0 Å². The van der Waals surface area contributed by atoms with Gasteiger partial charge in [0.05, 0.1) is 17.7 Å². The second-order valence-electron chi connectivity index (χ2n) is 6.54. The molecule has 0 saturated carbocycles. The normalized spacial score (nSPS) is 15.0. The molecule has 1 saturated heterocycles. The molecule has 0 aromatic heterocycles. The maximum absolute atomic E-state index is 12.9. The third-order valence-electron chi connectivity index (χ3n) is 4.53. The Bertz CT molecular complexity index is 1100. The molecule has 3 aromatic carbocycles. The van der Waals surface area contributed by atoms with Crippen molar-refractivity contribution >= 4 is 46.0 Å².